The van der Waals surface area contributed by atoms with Crippen LogP contribution in [0.4, 0.5) is 4.39 Å². The van der Waals surface area contributed by atoms with Crippen LogP contribution in [0.1, 0.15) is 24.4 Å². The first-order valence-corrected chi connectivity index (χ1v) is 5.97. The highest BCUT2D eigenvalue weighted by Gasteiger charge is 2.09. The molecule has 0 aliphatic carbocycles. The largest absolute Gasteiger partial charge is 0.303 e. The molecule has 1 unspecified atom stereocenters. The average Bonchev–Trinajstić information content (AvgIpc) is 2.75. The van der Waals surface area contributed by atoms with Gasteiger partial charge in [0, 0.05) is 13.1 Å². The quantitative estimate of drug-likeness (QED) is 0.926. The molecule has 0 aliphatic rings. The van der Waals surface area contributed by atoms with E-state index in [1.807, 2.05) is 14.0 Å². The molecule has 1 heterocycles. The van der Waals surface area contributed by atoms with Crippen molar-refractivity contribution in [3.63, 3.8) is 0 Å². The van der Waals surface area contributed by atoms with Gasteiger partial charge in [0.2, 0.25) is 0 Å². The summed E-state index contributed by atoms with van der Waals surface area (Å²) >= 11 is 5.75. The van der Waals surface area contributed by atoms with E-state index in [0.29, 0.717) is 6.54 Å². The van der Waals surface area contributed by atoms with E-state index in [4.69, 9.17) is 11.6 Å². The minimum atomic E-state index is -0.404. The van der Waals surface area contributed by atoms with Crippen LogP contribution in [0.3, 0.4) is 0 Å². The van der Waals surface area contributed by atoms with Gasteiger partial charge < -0.3 is 5.32 Å². The van der Waals surface area contributed by atoms with Crippen molar-refractivity contribution in [2.24, 2.45) is 7.05 Å². The Balaban J connectivity index is 1.99. The van der Waals surface area contributed by atoms with Crippen LogP contribution in [0, 0.1) is 5.82 Å². The van der Waals surface area contributed by atoms with Crippen LogP contribution >= 0.6 is 11.6 Å². The van der Waals surface area contributed by atoms with Gasteiger partial charge in [0.1, 0.15) is 12.1 Å². The van der Waals surface area contributed by atoms with E-state index in [1.54, 1.807) is 23.1 Å². The smallest absolute Gasteiger partial charge is 0.164 e. The maximum atomic E-state index is 13.0. The SMILES string of the molecule is CC(NCc1ncn(C)n1)c1ccc(F)c(Cl)c1. The summed E-state index contributed by atoms with van der Waals surface area (Å²) in [6.45, 7) is 2.53. The first-order chi connectivity index (χ1) is 8.56. The fourth-order valence-corrected chi connectivity index (χ4v) is 1.80. The van der Waals surface area contributed by atoms with E-state index < -0.39 is 5.82 Å². The topological polar surface area (TPSA) is 42.7 Å². The molecule has 0 radical (unpaired) electrons. The van der Waals surface area contributed by atoms with Crippen molar-refractivity contribution in [2.45, 2.75) is 19.5 Å². The molecule has 18 heavy (non-hydrogen) atoms. The number of nitrogens with zero attached hydrogens (tertiary/aromatic N) is 3. The molecule has 1 atom stereocenters. The van der Waals surface area contributed by atoms with E-state index in [2.05, 4.69) is 15.4 Å². The standard InChI is InChI=1S/C12H14ClFN4/c1-8(9-3-4-11(14)10(13)5-9)15-6-12-16-7-18(2)17-12/h3-5,7-8,15H,6H2,1-2H3. The number of hydrogen-bond donors (Lipinski definition) is 1. The molecule has 2 aromatic rings. The van der Waals surface area contributed by atoms with Crippen LogP contribution in [0.25, 0.3) is 0 Å². The Bertz CT molecular complexity index is 541. The van der Waals surface area contributed by atoms with Crippen molar-refractivity contribution >= 4 is 11.6 Å². The molecule has 0 saturated heterocycles. The predicted octanol–water partition coefficient (Wildman–Crippen LogP) is 2.46. The van der Waals surface area contributed by atoms with Crippen molar-refractivity contribution in [3.05, 3.63) is 46.8 Å². The van der Waals surface area contributed by atoms with Gasteiger partial charge >= 0.3 is 0 Å². The minimum Gasteiger partial charge on any atom is -0.303 e. The van der Waals surface area contributed by atoms with E-state index in [1.165, 1.54) is 6.07 Å². The van der Waals surface area contributed by atoms with Gasteiger partial charge in [-0.3, -0.25) is 4.68 Å². The number of rotatable bonds is 4. The third-order valence-electron chi connectivity index (χ3n) is 2.66. The van der Waals surface area contributed by atoms with Gasteiger partial charge in [-0.15, -0.1) is 0 Å². The average molecular weight is 269 g/mol. The molecule has 0 bridgehead atoms. The highest BCUT2D eigenvalue weighted by molar-refractivity contribution is 6.30. The molecular formula is C12H14ClFN4. The van der Waals surface area contributed by atoms with Crippen LogP contribution < -0.4 is 5.32 Å². The minimum absolute atomic E-state index is 0.0481. The van der Waals surface area contributed by atoms with Crippen LogP contribution in [0.2, 0.25) is 5.02 Å². The Labute approximate surface area is 110 Å². The predicted molar refractivity (Wildman–Crippen MR) is 67.7 cm³/mol. The molecule has 0 amide bonds. The highest BCUT2D eigenvalue weighted by atomic mass is 35.5. The van der Waals surface area contributed by atoms with Crippen molar-refractivity contribution in [3.8, 4) is 0 Å². The molecule has 0 spiro atoms. The monoisotopic (exact) mass is 268 g/mol. The molecule has 0 fully saturated rings. The maximum absolute atomic E-state index is 13.0. The molecule has 0 saturated carbocycles. The van der Waals surface area contributed by atoms with Crippen LogP contribution in [-0.2, 0) is 13.6 Å². The lowest BCUT2D eigenvalue weighted by molar-refractivity contribution is 0.554. The second-order valence-corrected chi connectivity index (χ2v) is 4.52. The highest BCUT2D eigenvalue weighted by Crippen LogP contribution is 2.20. The zero-order valence-corrected chi connectivity index (χ0v) is 10.9. The van der Waals surface area contributed by atoms with Crippen molar-refractivity contribution in [1.82, 2.24) is 20.1 Å². The molecule has 0 aliphatic heterocycles. The first-order valence-electron chi connectivity index (χ1n) is 5.59. The molecule has 1 aromatic heterocycles. The van der Waals surface area contributed by atoms with Crippen LogP contribution in [-0.4, -0.2) is 14.8 Å². The Morgan fingerprint density at radius 2 is 2.28 bits per heavy atom. The van der Waals surface area contributed by atoms with E-state index >= 15 is 0 Å². The molecule has 1 N–H and O–H groups in total. The Hall–Kier alpha value is -1.46. The summed E-state index contributed by atoms with van der Waals surface area (Å²) in [4.78, 5) is 4.12. The summed E-state index contributed by atoms with van der Waals surface area (Å²) in [5.41, 5.74) is 0.928. The molecular weight excluding hydrogens is 255 g/mol. The number of aryl methyl sites for hydroxylation is 1. The van der Waals surface area contributed by atoms with Gasteiger partial charge in [-0.1, -0.05) is 17.7 Å². The van der Waals surface area contributed by atoms with Gasteiger partial charge in [-0.2, -0.15) is 5.10 Å². The number of halogens is 2. The maximum Gasteiger partial charge on any atom is 0.164 e. The van der Waals surface area contributed by atoms with Crippen molar-refractivity contribution in [2.75, 3.05) is 0 Å². The third-order valence-corrected chi connectivity index (χ3v) is 2.95. The molecule has 1 aromatic carbocycles. The second kappa shape index (κ2) is 5.46. The number of hydrogen-bond acceptors (Lipinski definition) is 3. The third kappa shape index (κ3) is 3.05. The number of benzene rings is 1. The lowest BCUT2D eigenvalue weighted by Crippen LogP contribution is -2.19. The van der Waals surface area contributed by atoms with Gasteiger partial charge in [-0.25, -0.2) is 9.37 Å². The first kappa shape index (κ1) is 13.0. The van der Waals surface area contributed by atoms with Crippen LogP contribution in [0.15, 0.2) is 24.5 Å². The normalized spacial score (nSPS) is 12.7. The summed E-state index contributed by atoms with van der Waals surface area (Å²) in [6, 6.07) is 4.76. The zero-order valence-electron chi connectivity index (χ0n) is 10.2. The summed E-state index contributed by atoms with van der Waals surface area (Å²) < 4.78 is 14.7. The van der Waals surface area contributed by atoms with E-state index in [0.717, 1.165) is 11.4 Å². The van der Waals surface area contributed by atoms with Crippen LogP contribution in [0.5, 0.6) is 0 Å². The van der Waals surface area contributed by atoms with Gasteiger partial charge in [0.15, 0.2) is 5.82 Å². The summed E-state index contributed by atoms with van der Waals surface area (Å²) in [5.74, 6) is 0.316. The zero-order chi connectivity index (χ0) is 13.1. The number of nitrogens with one attached hydrogen (secondary N) is 1. The fraction of sp³-hybridized carbons (Fsp3) is 0.333. The molecule has 4 nitrogen and oxygen atoms in total. The van der Waals surface area contributed by atoms with Gasteiger partial charge in [0.25, 0.3) is 0 Å². The molecule has 96 valence electrons. The fourth-order valence-electron chi connectivity index (χ4n) is 1.61. The Morgan fingerprint density at radius 1 is 1.50 bits per heavy atom. The summed E-state index contributed by atoms with van der Waals surface area (Å²) in [5, 5.41) is 7.56. The summed E-state index contributed by atoms with van der Waals surface area (Å²) in [7, 11) is 1.82. The van der Waals surface area contributed by atoms with Gasteiger partial charge in [-0.05, 0) is 24.6 Å². The van der Waals surface area contributed by atoms with Crippen molar-refractivity contribution in [1.29, 1.82) is 0 Å². The van der Waals surface area contributed by atoms with E-state index in [-0.39, 0.29) is 11.1 Å². The summed E-state index contributed by atoms with van der Waals surface area (Å²) in [6.07, 6.45) is 1.65. The lowest BCUT2D eigenvalue weighted by atomic mass is 10.1. The second-order valence-electron chi connectivity index (χ2n) is 4.11. The van der Waals surface area contributed by atoms with Gasteiger partial charge in [0.05, 0.1) is 11.6 Å². The van der Waals surface area contributed by atoms with E-state index in [9.17, 15) is 4.39 Å². The van der Waals surface area contributed by atoms with Crippen molar-refractivity contribution < 1.29 is 4.39 Å². The Morgan fingerprint density at radius 3 is 2.89 bits per heavy atom. The molecule has 2 rings (SSSR count). The molecule has 6 heteroatoms. The lowest BCUT2D eigenvalue weighted by Gasteiger charge is -2.13. The number of aromatic nitrogens is 3. The Kier molecular flexibility index (Phi) is 3.93.